The van der Waals surface area contributed by atoms with Gasteiger partial charge in [-0.05, 0) is 36.4 Å². The Morgan fingerprint density at radius 3 is 2.62 bits per heavy atom. The summed E-state index contributed by atoms with van der Waals surface area (Å²) in [5.41, 5.74) is -0.0921. The van der Waals surface area contributed by atoms with Crippen molar-refractivity contribution >= 4 is 40.1 Å². The van der Waals surface area contributed by atoms with Gasteiger partial charge >= 0.3 is 11.6 Å². The minimum Gasteiger partial charge on any atom is -0.482 e. The monoisotopic (exact) mass is 364 g/mol. The fourth-order valence-corrected chi connectivity index (χ4v) is 2.43. The van der Waals surface area contributed by atoms with Crippen molar-refractivity contribution in [1.82, 2.24) is 0 Å². The predicted molar refractivity (Wildman–Crippen MR) is 90.1 cm³/mol. The van der Waals surface area contributed by atoms with Gasteiger partial charge in [0.1, 0.15) is 17.1 Å². The van der Waals surface area contributed by atoms with Crippen LogP contribution in [0.5, 0.6) is 11.5 Å². The quantitative estimate of drug-likeness (QED) is 0.396. The van der Waals surface area contributed by atoms with E-state index in [-0.39, 0.29) is 17.4 Å². The van der Waals surface area contributed by atoms with E-state index in [1.54, 1.807) is 24.3 Å². The second-order valence-electron chi connectivity index (χ2n) is 4.79. The Labute approximate surface area is 146 Å². The number of rotatable bonds is 4. The Balaban J connectivity index is 1.66. The van der Waals surface area contributed by atoms with Crippen LogP contribution in [0.1, 0.15) is 0 Å². The van der Waals surface area contributed by atoms with E-state index in [0.29, 0.717) is 16.4 Å². The lowest BCUT2D eigenvalue weighted by molar-refractivity contribution is -0.136. The van der Waals surface area contributed by atoms with Crippen molar-refractivity contribution in [3.05, 3.63) is 69.0 Å². The number of carbonyl (C=O) groups is 1. The first-order valence-corrected chi connectivity index (χ1v) is 7.59. The fourth-order valence-electron chi connectivity index (χ4n) is 1.98. The molecule has 122 valence electrons. The molecule has 3 rings (SSSR count). The first kappa shape index (κ1) is 16.4. The third kappa shape index (κ3) is 3.88. The number of carbonyl (C=O) groups excluding carboxylic acids is 1. The second kappa shape index (κ2) is 6.95. The second-order valence-corrected chi connectivity index (χ2v) is 5.64. The molecular formula is C17H10Cl2O5. The summed E-state index contributed by atoms with van der Waals surface area (Å²) >= 11 is 11.7. The third-order valence-corrected chi connectivity index (χ3v) is 3.60. The van der Waals surface area contributed by atoms with Gasteiger partial charge in [0.15, 0.2) is 6.61 Å². The molecule has 0 N–H and O–H groups in total. The average Bonchev–Trinajstić information content (AvgIpc) is 2.55. The lowest BCUT2D eigenvalue weighted by Gasteiger charge is -2.08. The van der Waals surface area contributed by atoms with Crippen LogP contribution in [0, 0.1) is 0 Å². The van der Waals surface area contributed by atoms with Crippen LogP contribution in [0.15, 0.2) is 57.7 Å². The molecule has 3 aromatic rings. The van der Waals surface area contributed by atoms with Gasteiger partial charge in [-0.15, -0.1) is 0 Å². The van der Waals surface area contributed by atoms with Crippen LogP contribution in [0.25, 0.3) is 11.0 Å². The van der Waals surface area contributed by atoms with E-state index in [4.69, 9.17) is 37.1 Å². The zero-order valence-electron chi connectivity index (χ0n) is 12.1. The number of esters is 1. The van der Waals surface area contributed by atoms with E-state index >= 15 is 0 Å². The predicted octanol–water partition coefficient (Wildman–Crippen LogP) is 4.08. The number of halogens is 2. The van der Waals surface area contributed by atoms with Gasteiger partial charge in [0, 0.05) is 22.5 Å². The smallest absolute Gasteiger partial charge is 0.349 e. The largest absolute Gasteiger partial charge is 0.482 e. The molecule has 5 nitrogen and oxygen atoms in total. The third-order valence-electron chi connectivity index (χ3n) is 3.07. The van der Waals surface area contributed by atoms with E-state index in [1.165, 1.54) is 24.3 Å². The summed E-state index contributed by atoms with van der Waals surface area (Å²) in [6.45, 7) is -0.332. The topological polar surface area (TPSA) is 65.7 Å². The summed E-state index contributed by atoms with van der Waals surface area (Å²) in [5, 5.41) is 1.41. The molecule has 1 aromatic heterocycles. The Bertz CT molecular complexity index is 965. The molecule has 0 saturated carbocycles. The van der Waals surface area contributed by atoms with E-state index in [1.807, 2.05) is 0 Å². The summed E-state index contributed by atoms with van der Waals surface area (Å²) in [4.78, 5) is 23.0. The number of fused-ring (bicyclic) bond motifs is 1. The van der Waals surface area contributed by atoms with Gasteiger partial charge in [0.25, 0.3) is 0 Å². The highest BCUT2D eigenvalue weighted by molar-refractivity contribution is 6.35. The Morgan fingerprint density at radius 2 is 1.83 bits per heavy atom. The van der Waals surface area contributed by atoms with Crippen LogP contribution in [0.4, 0.5) is 0 Å². The van der Waals surface area contributed by atoms with Gasteiger partial charge in [-0.2, -0.15) is 0 Å². The highest BCUT2D eigenvalue weighted by Crippen LogP contribution is 2.27. The van der Waals surface area contributed by atoms with Crippen molar-refractivity contribution in [1.29, 1.82) is 0 Å². The van der Waals surface area contributed by atoms with E-state index < -0.39 is 11.6 Å². The molecule has 24 heavy (non-hydrogen) atoms. The minimum atomic E-state index is -0.631. The molecule has 0 unspecified atom stereocenters. The van der Waals surface area contributed by atoms with Crippen molar-refractivity contribution in [2.75, 3.05) is 6.61 Å². The first-order chi connectivity index (χ1) is 11.5. The van der Waals surface area contributed by atoms with Crippen LogP contribution in [0.3, 0.4) is 0 Å². The van der Waals surface area contributed by atoms with Crippen molar-refractivity contribution < 1.29 is 18.7 Å². The Kier molecular flexibility index (Phi) is 4.74. The van der Waals surface area contributed by atoms with Crippen LogP contribution in [-0.2, 0) is 4.79 Å². The van der Waals surface area contributed by atoms with E-state index in [9.17, 15) is 9.59 Å². The summed E-state index contributed by atoms with van der Waals surface area (Å²) in [6, 6.07) is 12.4. The van der Waals surface area contributed by atoms with Gasteiger partial charge in [-0.1, -0.05) is 23.2 Å². The zero-order chi connectivity index (χ0) is 17.1. The van der Waals surface area contributed by atoms with Crippen molar-refractivity contribution in [3.63, 3.8) is 0 Å². The highest BCUT2D eigenvalue weighted by atomic mass is 35.5. The molecule has 0 atom stereocenters. The molecule has 2 aromatic carbocycles. The molecule has 0 aliphatic heterocycles. The summed E-state index contributed by atoms with van der Waals surface area (Å²) in [6.07, 6.45) is 0. The van der Waals surface area contributed by atoms with Crippen molar-refractivity contribution in [2.24, 2.45) is 0 Å². The Hall–Kier alpha value is -2.50. The van der Waals surface area contributed by atoms with Crippen molar-refractivity contribution in [3.8, 4) is 11.5 Å². The molecule has 0 aliphatic rings. The lowest BCUT2D eigenvalue weighted by atomic mass is 10.2. The number of hydrogen-bond donors (Lipinski definition) is 0. The average molecular weight is 365 g/mol. The van der Waals surface area contributed by atoms with Crippen LogP contribution in [-0.4, -0.2) is 12.6 Å². The molecule has 1 heterocycles. The van der Waals surface area contributed by atoms with Crippen LogP contribution >= 0.6 is 23.2 Å². The molecule has 0 bridgehead atoms. The summed E-state index contributed by atoms with van der Waals surface area (Å²) < 4.78 is 15.5. The molecule has 0 radical (unpaired) electrons. The standard InChI is InChI=1S/C17H10Cl2O5/c18-11-3-5-14(13(19)7-11)23-17(21)9-22-12-4-1-10-2-6-16(20)24-15(10)8-12/h1-8H,9H2. The van der Waals surface area contributed by atoms with Gasteiger partial charge in [-0.3, -0.25) is 0 Å². The summed E-state index contributed by atoms with van der Waals surface area (Å²) in [5.74, 6) is -0.0657. The fraction of sp³-hybridized carbons (Fsp3) is 0.0588. The lowest BCUT2D eigenvalue weighted by Crippen LogP contribution is -2.17. The van der Waals surface area contributed by atoms with Gasteiger partial charge in [-0.25, -0.2) is 9.59 Å². The molecule has 0 amide bonds. The summed E-state index contributed by atoms with van der Waals surface area (Å²) in [7, 11) is 0. The van der Waals surface area contributed by atoms with Gasteiger partial charge in [0.05, 0.1) is 5.02 Å². The molecular weight excluding hydrogens is 355 g/mol. The van der Waals surface area contributed by atoms with Crippen LogP contribution in [0.2, 0.25) is 10.0 Å². The minimum absolute atomic E-state index is 0.194. The van der Waals surface area contributed by atoms with Crippen LogP contribution < -0.4 is 15.1 Å². The molecule has 0 fully saturated rings. The Morgan fingerprint density at radius 1 is 1.04 bits per heavy atom. The molecule has 7 heteroatoms. The molecule has 0 spiro atoms. The first-order valence-electron chi connectivity index (χ1n) is 6.84. The highest BCUT2D eigenvalue weighted by Gasteiger charge is 2.10. The molecule has 0 aliphatic carbocycles. The van der Waals surface area contributed by atoms with Crippen molar-refractivity contribution in [2.45, 2.75) is 0 Å². The molecule has 0 saturated heterocycles. The maximum Gasteiger partial charge on any atom is 0.349 e. The SMILES string of the molecule is O=C(COc1ccc2ccc(=O)oc2c1)Oc1ccc(Cl)cc1Cl. The number of hydrogen-bond acceptors (Lipinski definition) is 5. The normalized spacial score (nSPS) is 10.6. The maximum absolute atomic E-state index is 11.8. The zero-order valence-corrected chi connectivity index (χ0v) is 13.6. The number of ether oxygens (including phenoxy) is 2. The van der Waals surface area contributed by atoms with Gasteiger partial charge in [0.2, 0.25) is 0 Å². The van der Waals surface area contributed by atoms with Gasteiger partial charge < -0.3 is 13.9 Å². The number of benzene rings is 2. The van der Waals surface area contributed by atoms with E-state index in [0.717, 1.165) is 5.39 Å². The maximum atomic E-state index is 11.8. The van der Waals surface area contributed by atoms with E-state index in [2.05, 4.69) is 0 Å².